The smallest absolute Gasteiger partial charge is 0.133 e. The normalized spacial score (nSPS) is 41.0. The van der Waals surface area contributed by atoms with Gasteiger partial charge in [0.05, 0.1) is 0 Å². The number of ketones is 2. The largest absolute Gasteiger partial charge is 0.300 e. The predicted octanol–water partition coefficient (Wildman–Crippen LogP) is 4.36. The Morgan fingerprint density at radius 1 is 0.682 bits per heavy atom. The summed E-state index contributed by atoms with van der Waals surface area (Å²) in [6, 6.07) is 0. The number of Topliss-reactive ketones (excluding diaryl/α,β-unsaturated/α-hetero) is 2. The van der Waals surface area contributed by atoms with Crippen LogP contribution >= 0.6 is 0 Å². The molecule has 6 unspecified atom stereocenters. The van der Waals surface area contributed by atoms with Crippen molar-refractivity contribution in [2.24, 2.45) is 35.5 Å². The minimum atomic E-state index is 0.360. The Hall–Kier alpha value is -1.18. The minimum absolute atomic E-state index is 0.360. The lowest BCUT2D eigenvalue weighted by atomic mass is 9.68. The van der Waals surface area contributed by atoms with Gasteiger partial charge in [-0.3, -0.25) is 9.59 Å². The molecule has 6 rings (SSSR count). The molecule has 6 atom stereocenters. The molecule has 0 heterocycles. The first-order valence-corrected chi connectivity index (χ1v) is 8.92. The molecular formula is C20H28O2. The van der Waals surface area contributed by atoms with E-state index in [1.54, 1.807) is 13.8 Å². The van der Waals surface area contributed by atoms with Crippen molar-refractivity contribution < 1.29 is 9.59 Å². The fourth-order valence-corrected chi connectivity index (χ4v) is 4.80. The molecule has 120 valence electrons. The summed E-state index contributed by atoms with van der Waals surface area (Å²) in [7, 11) is 0. The van der Waals surface area contributed by atoms with Crippen LogP contribution in [0.1, 0.15) is 52.4 Å². The summed E-state index contributed by atoms with van der Waals surface area (Å²) >= 11 is 0. The highest BCUT2D eigenvalue weighted by atomic mass is 16.1. The average Bonchev–Trinajstić information content (AvgIpc) is 2.57. The van der Waals surface area contributed by atoms with E-state index < -0.39 is 0 Å². The number of hydrogen-bond acceptors (Lipinski definition) is 2. The summed E-state index contributed by atoms with van der Waals surface area (Å²) in [5.41, 5.74) is 0. The molecule has 2 saturated carbocycles. The van der Waals surface area contributed by atoms with Gasteiger partial charge in [0.2, 0.25) is 0 Å². The lowest BCUT2D eigenvalue weighted by molar-refractivity contribution is -0.124. The molecule has 6 aliphatic rings. The maximum atomic E-state index is 11.2. The Morgan fingerprint density at radius 3 is 1.23 bits per heavy atom. The van der Waals surface area contributed by atoms with Crippen LogP contribution in [0, 0.1) is 35.5 Å². The van der Waals surface area contributed by atoms with Crippen LogP contribution in [-0.4, -0.2) is 11.6 Å². The number of carbonyl (C=O) groups excluding carboxylic acids is 2. The van der Waals surface area contributed by atoms with Crippen LogP contribution < -0.4 is 0 Å². The molecule has 0 aromatic carbocycles. The number of carbonyl (C=O) groups is 2. The van der Waals surface area contributed by atoms with Gasteiger partial charge in [0.15, 0.2) is 0 Å². The first-order chi connectivity index (χ1) is 10.5. The molecule has 2 heteroatoms. The number of allylic oxidation sites excluding steroid dienone is 4. The van der Waals surface area contributed by atoms with Gasteiger partial charge >= 0.3 is 0 Å². The molecule has 22 heavy (non-hydrogen) atoms. The van der Waals surface area contributed by atoms with Crippen LogP contribution in [0.2, 0.25) is 0 Å². The topological polar surface area (TPSA) is 34.1 Å². The van der Waals surface area contributed by atoms with E-state index in [0.29, 0.717) is 47.1 Å². The quantitative estimate of drug-likeness (QED) is 0.710. The van der Waals surface area contributed by atoms with Gasteiger partial charge in [0, 0.05) is 11.8 Å². The highest BCUT2D eigenvalue weighted by Crippen LogP contribution is 2.41. The SMILES string of the molecule is CC(=O)C1CC2C=CC1CC2.CC(=O)C1CC2C=CC1CC2. The van der Waals surface area contributed by atoms with Crippen molar-refractivity contribution in [3.8, 4) is 0 Å². The summed E-state index contributed by atoms with van der Waals surface area (Å²) in [5, 5.41) is 0. The Kier molecular flexibility index (Phi) is 4.65. The third-order valence-electron chi connectivity index (χ3n) is 6.19. The van der Waals surface area contributed by atoms with Gasteiger partial charge < -0.3 is 0 Å². The Labute approximate surface area is 134 Å². The second-order valence-corrected chi connectivity index (χ2v) is 7.68. The van der Waals surface area contributed by atoms with Crippen LogP contribution in [0.3, 0.4) is 0 Å². The van der Waals surface area contributed by atoms with Gasteiger partial charge in [-0.25, -0.2) is 0 Å². The molecule has 0 saturated heterocycles. The number of rotatable bonds is 2. The third-order valence-corrected chi connectivity index (χ3v) is 6.19. The molecule has 2 fully saturated rings. The highest BCUT2D eigenvalue weighted by Gasteiger charge is 2.34. The first-order valence-electron chi connectivity index (χ1n) is 8.92. The minimum Gasteiger partial charge on any atom is -0.300 e. The van der Waals surface area contributed by atoms with Crippen molar-refractivity contribution in [1.82, 2.24) is 0 Å². The van der Waals surface area contributed by atoms with E-state index in [1.807, 2.05) is 0 Å². The maximum absolute atomic E-state index is 11.2. The average molecular weight is 300 g/mol. The zero-order valence-electron chi connectivity index (χ0n) is 13.8. The molecule has 0 aromatic rings. The molecule has 0 N–H and O–H groups in total. The first kappa shape index (κ1) is 15.7. The van der Waals surface area contributed by atoms with Crippen LogP contribution in [0.4, 0.5) is 0 Å². The molecule has 0 aliphatic heterocycles. The Balaban J connectivity index is 0.000000131. The van der Waals surface area contributed by atoms with Gasteiger partial charge in [-0.15, -0.1) is 0 Å². The highest BCUT2D eigenvalue weighted by molar-refractivity contribution is 5.79. The van der Waals surface area contributed by atoms with E-state index in [-0.39, 0.29) is 0 Å². The van der Waals surface area contributed by atoms with Crippen molar-refractivity contribution in [2.45, 2.75) is 52.4 Å². The lowest BCUT2D eigenvalue weighted by Gasteiger charge is -2.36. The number of fused-ring (bicyclic) bond motifs is 4. The maximum Gasteiger partial charge on any atom is 0.133 e. The third kappa shape index (κ3) is 3.26. The van der Waals surface area contributed by atoms with Crippen LogP contribution in [0.5, 0.6) is 0 Å². The summed E-state index contributed by atoms with van der Waals surface area (Å²) in [5.74, 6) is 4.10. The van der Waals surface area contributed by atoms with E-state index in [1.165, 1.54) is 25.7 Å². The van der Waals surface area contributed by atoms with Gasteiger partial charge in [0.1, 0.15) is 11.6 Å². The Morgan fingerprint density at radius 2 is 1.09 bits per heavy atom. The van der Waals surface area contributed by atoms with E-state index in [0.717, 1.165) is 12.8 Å². The van der Waals surface area contributed by atoms with Crippen molar-refractivity contribution in [2.75, 3.05) is 0 Å². The van der Waals surface area contributed by atoms with E-state index in [9.17, 15) is 9.59 Å². The molecule has 4 bridgehead atoms. The van der Waals surface area contributed by atoms with Crippen LogP contribution in [0.15, 0.2) is 24.3 Å². The summed E-state index contributed by atoms with van der Waals surface area (Å²) in [4.78, 5) is 22.3. The van der Waals surface area contributed by atoms with Gasteiger partial charge in [-0.05, 0) is 76.0 Å². The van der Waals surface area contributed by atoms with E-state index >= 15 is 0 Å². The predicted molar refractivity (Wildman–Crippen MR) is 88.3 cm³/mol. The molecule has 0 radical (unpaired) electrons. The standard InChI is InChI=1S/2C10H14O/c2*1-7(11)10-6-8-2-4-9(10)5-3-8/h2*2,4,8-10H,3,5-6H2,1H3. The van der Waals surface area contributed by atoms with Gasteiger partial charge in [0.25, 0.3) is 0 Å². The van der Waals surface area contributed by atoms with Crippen molar-refractivity contribution in [3.63, 3.8) is 0 Å². The summed E-state index contributed by atoms with van der Waals surface area (Å²) < 4.78 is 0. The van der Waals surface area contributed by atoms with Crippen molar-refractivity contribution in [3.05, 3.63) is 24.3 Å². The summed E-state index contributed by atoms with van der Waals surface area (Å²) in [6.07, 6.45) is 16.5. The second kappa shape index (κ2) is 6.52. The van der Waals surface area contributed by atoms with Crippen molar-refractivity contribution >= 4 is 11.6 Å². The molecule has 2 nitrogen and oxygen atoms in total. The fraction of sp³-hybridized carbons (Fsp3) is 0.700. The monoisotopic (exact) mass is 300 g/mol. The zero-order chi connectivity index (χ0) is 15.7. The fourth-order valence-electron chi connectivity index (χ4n) is 4.80. The van der Waals surface area contributed by atoms with E-state index in [4.69, 9.17) is 0 Å². The molecular weight excluding hydrogens is 272 g/mol. The molecule has 0 amide bonds. The number of hydrogen-bond donors (Lipinski definition) is 0. The second-order valence-electron chi connectivity index (χ2n) is 7.68. The van der Waals surface area contributed by atoms with Crippen LogP contribution in [0.25, 0.3) is 0 Å². The van der Waals surface area contributed by atoms with Crippen molar-refractivity contribution in [1.29, 1.82) is 0 Å². The van der Waals surface area contributed by atoms with Gasteiger partial charge in [-0.1, -0.05) is 24.3 Å². The molecule has 6 aliphatic carbocycles. The molecule has 0 spiro atoms. The van der Waals surface area contributed by atoms with E-state index in [2.05, 4.69) is 24.3 Å². The van der Waals surface area contributed by atoms with Crippen LogP contribution in [-0.2, 0) is 9.59 Å². The van der Waals surface area contributed by atoms with Gasteiger partial charge in [-0.2, -0.15) is 0 Å². The summed E-state index contributed by atoms with van der Waals surface area (Å²) in [6.45, 7) is 3.47. The molecule has 0 aromatic heterocycles. The zero-order valence-corrected chi connectivity index (χ0v) is 13.8. The lowest BCUT2D eigenvalue weighted by Crippen LogP contribution is -2.31. The Bertz CT molecular complexity index is 456.